The molecule has 3 heteroatoms. The molecule has 1 rings (SSSR count). The van der Waals surface area contributed by atoms with Crippen molar-refractivity contribution in [2.45, 2.75) is 39.7 Å². The summed E-state index contributed by atoms with van der Waals surface area (Å²) < 4.78 is 0. The van der Waals surface area contributed by atoms with E-state index in [9.17, 15) is 0 Å². The molecular formula is C14H31N3. The predicted molar refractivity (Wildman–Crippen MR) is 75.5 cm³/mol. The minimum Gasteiger partial charge on any atom is -0.315 e. The van der Waals surface area contributed by atoms with Gasteiger partial charge < -0.3 is 10.2 Å². The van der Waals surface area contributed by atoms with Crippen molar-refractivity contribution in [1.82, 2.24) is 15.1 Å². The summed E-state index contributed by atoms with van der Waals surface area (Å²) in [5.41, 5.74) is 0. The zero-order valence-electron chi connectivity index (χ0n) is 12.2. The van der Waals surface area contributed by atoms with E-state index in [4.69, 9.17) is 0 Å². The molecule has 1 N–H and O–H groups in total. The second kappa shape index (κ2) is 8.06. The molecule has 0 amide bonds. The lowest BCUT2D eigenvalue weighted by Crippen LogP contribution is -2.41. The van der Waals surface area contributed by atoms with E-state index in [0.717, 1.165) is 25.0 Å². The molecule has 0 aliphatic carbocycles. The molecule has 3 nitrogen and oxygen atoms in total. The summed E-state index contributed by atoms with van der Waals surface area (Å²) in [4.78, 5) is 5.10. The first-order chi connectivity index (χ1) is 8.13. The molecule has 0 aromatic rings. The van der Waals surface area contributed by atoms with Gasteiger partial charge in [0, 0.05) is 25.7 Å². The summed E-state index contributed by atoms with van der Waals surface area (Å²) in [7, 11) is 2.25. The molecule has 1 fully saturated rings. The second-order valence-electron chi connectivity index (χ2n) is 5.78. The zero-order chi connectivity index (χ0) is 12.7. The molecule has 1 atom stereocenters. The third kappa shape index (κ3) is 5.84. The molecule has 1 aliphatic heterocycles. The molecule has 102 valence electrons. The highest BCUT2D eigenvalue weighted by atomic mass is 15.2. The number of nitrogens with zero attached hydrogens (tertiary/aromatic N) is 2. The Balaban J connectivity index is 2.09. The summed E-state index contributed by atoms with van der Waals surface area (Å²) in [6, 6.07) is 0.801. The molecule has 1 saturated heterocycles. The number of likely N-dealkylation sites (N-methyl/N-ethyl adjacent to an activating group) is 2. The van der Waals surface area contributed by atoms with Crippen LogP contribution in [0.1, 0.15) is 33.6 Å². The smallest absolute Gasteiger partial charge is 0.0223 e. The Labute approximate surface area is 108 Å². The van der Waals surface area contributed by atoms with E-state index in [0.29, 0.717) is 0 Å². The number of rotatable bonds is 8. The molecule has 1 heterocycles. The van der Waals surface area contributed by atoms with Crippen molar-refractivity contribution in [1.29, 1.82) is 0 Å². The van der Waals surface area contributed by atoms with E-state index in [1.165, 1.54) is 39.0 Å². The maximum atomic E-state index is 3.51. The first-order valence-electron chi connectivity index (χ1n) is 7.26. The van der Waals surface area contributed by atoms with Crippen LogP contribution >= 0.6 is 0 Å². The van der Waals surface area contributed by atoms with Crippen LogP contribution in [0.3, 0.4) is 0 Å². The highest BCUT2D eigenvalue weighted by Crippen LogP contribution is 2.16. The molecule has 0 spiro atoms. The van der Waals surface area contributed by atoms with Crippen LogP contribution in [-0.4, -0.2) is 62.2 Å². The molecule has 0 bridgehead atoms. The van der Waals surface area contributed by atoms with Crippen LogP contribution in [0, 0.1) is 5.92 Å². The Kier molecular flexibility index (Phi) is 7.09. The van der Waals surface area contributed by atoms with Crippen LogP contribution in [0.25, 0.3) is 0 Å². The van der Waals surface area contributed by atoms with E-state index >= 15 is 0 Å². The highest BCUT2D eigenvalue weighted by Gasteiger charge is 2.23. The van der Waals surface area contributed by atoms with Crippen molar-refractivity contribution in [2.24, 2.45) is 5.92 Å². The van der Waals surface area contributed by atoms with Gasteiger partial charge in [-0.1, -0.05) is 20.8 Å². The molecular weight excluding hydrogens is 210 g/mol. The SMILES string of the molecule is CCN1CCCC1CN(C)CCNCC(C)C. The van der Waals surface area contributed by atoms with Crippen molar-refractivity contribution >= 4 is 0 Å². The van der Waals surface area contributed by atoms with Gasteiger partial charge in [0.05, 0.1) is 0 Å². The van der Waals surface area contributed by atoms with Crippen LogP contribution in [0.2, 0.25) is 0 Å². The van der Waals surface area contributed by atoms with E-state index in [2.05, 4.69) is 42.9 Å². The van der Waals surface area contributed by atoms with Gasteiger partial charge in [0.2, 0.25) is 0 Å². The van der Waals surface area contributed by atoms with E-state index in [1.54, 1.807) is 0 Å². The highest BCUT2D eigenvalue weighted by molar-refractivity contribution is 4.80. The summed E-state index contributed by atoms with van der Waals surface area (Å²) in [6.45, 7) is 14.0. The van der Waals surface area contributed by atoms with Gasteiger partial charge in [-0.15, -0.1) is 0 Å². The lowest BCUT2D eigenvalue weighted by molar-refractivity contribution is 0.198. The van der Waals surface area contributed by atoms with Crippen LogP contribution in [-0.2, 0) is 0 Å². The van der Waals surface area contributed by atoms with E-state index < -0.39 is 0 Å². The quantitative estimate of drug-likeness (QED) is 0.652. The van der Waals surface area contributed by atoms with Crippen molar-refractivity contribution in [2.75, 3.05) is 46.3 Å². The number of hydrogen-bond acceptors (Lipinski definition) is 3. The summed E-state index contributed by atoms with van der Waals surface area (Å²) in [5.74, 6) is 0.755. The largest absolute Gasteiger partial charge is 0.315 e. The molecule has 0 aromatic carbocycles. The summed E-state index contributed by atoms with van der Waals surface area (Å²) in [6.07, 6.45) is 2.77. The Morgan fingerprint density at radius 1 is 1.41 bits per heavy atom. The first-order valence-corrected chi connectivity index (χ1v) is 7.26. The molecule has 0 aromatic heterocycles. The fourth-order valence-electron chi connectivity index (χ4n) is 2.63. The Morgan fingerprint density at radius 2 is 2.18 bits per heavy atom. The molecule has 17 heavy (non-hydrogen) atoms. The minimum absolute atomic E-state index is 0.755. The van der Waals surface area contributed by atoms with Crippen molar-refractivity contribution < 1.29 is 0 Å². The van der Waals surface area contributed by atoms with Gasteiger partial charge in [-0.3, -0.25) is 4.90 Å². The fraction of sp³-hybridized carbons (Fsp3) is 1.00. The predicted octanol–water partition coefficient (Wildman–Crippen LogP) is 1.65. The van der Waals surface area contributed by atoms with Crippen LogP contribution in [0.5, 0.6) is 0 Å². The van der Waals surface area contributed by atoms with Gasteiger partial charge in [0.1, 0.15) is 0 Å². The number of hydrogen-bond donors (Lipinski definition) is 1. The molecule has 1 unspecified atom stereocenters. The normalized spacial score (nSPS) is 21.9. The topological polar surface area (TPSA) is 18.5 Å². The lowest BCUT2D eigenvalue weighted by Gasteiger charge is -2.27. The number of likely N-dealkylation sites (tertiary alicyclic amines) is 1. The molecule has 1 aliphatic rings. The van der Waals surface area contributed by atoms with Gasteiger partial charge in [0.15, 0.2) is 0 Å². The van der Waals surface area contributed by atoms with E-state index in [1.807, 2.05) is 0 Å². The van der Waals surface area contributed by atoms with E-state index in [-0.39, 0.29) is 0 Å². The monoisotopic (exact) mass is 241 g/mol. The van der Waals surface area contributed by atoms with Crippen molar-refractivity contribution in [3.63, 3.8) is 0 Å². The Bertz CT molecular complexity index is 194. The van der Waals surface area contributed by atoms with Crippen molar-refractivity contribution in [3.05, 3.63) is 0 Å². The standard InChI is InChI=1S/C14H31N3/c1-5-17-9-6-7-14(17)12-16(4)10-8-15-11-13(2)3/h13-15H,5-12H2,1-4H3. The molecule has 0 saturated carbocycles. The maximum Gasteiger partial charge on any atom is 0.0223 e. The molecule has 0 radical (unpaired) electrons. The lowest BCUT2D eigenvalue weighted by atomic mass is 10.2. The van der Waals surface area contributed by atoms with Gasteiger partial charge >= 0.3 is 0 Å². The van der Waals surface area contributed by atoms with Gasteiger partial charge in [0.25, 0.3) is 0 Å². The van der Waals surface area contributed by atoms with Gasteiger partial charge in [-0.2, -0.15) is 0 Å². The summed E-state index contributed by atoms with van der Waals surface area (Å²) >= 11 is 0. The summed E-state index contributed by atoms with van der Waals surface area (Å²) in [5, 5.41) is 3.51. The Morgan fingerprint density at radius 3 is 2.82 bits per heavy atom. The minimum atomic E-state index is 0.755. The third-order valence-electron chi connectivity index (χ3n) is 3.65. The third-order valence-corrected chi connectivity index (χ3v) is 3.65. The van der Waals surface area contributed by atoms with Gasteiger partial charge in [-0.05, 0) is 45.4 Å². The average molecular weight is 241 g/mol. The second-order valence-corrected chi connectivity index (χ2v) is 5.78. The number of nitrogens with one attached hydrogen (secondary N) is 1. The average Bonchev–Trinajstić information content (AvgIpc) is 2.71. The van der Waals surface area contributed by atoms with Gasteiger partial charge in [-0.25, -0.2) is 0 Å². The first kappa shape index (κ1) is 14.9. The maximum absolute atomic E-state index is 3.51. The fourth-order valence-corrected chi connectivity index (χ4v) is 2.63. The van der Waals surface area contributed by atoms with Crippen LogP contribution in [0.4, 0.5) is 0 Å². The zero-order valence-corrected chi connectivity index (χ0v) is 12.2. The van der Waals surface area contributed by atoms with Crippen LogP contribution in [0.15, 0.2) is 0 Å². The van der Waals surface area contributed by atoms with Crippen LogP contribution < -0.4 is 5.32 Å². The Hall–Kier alpha value is -0.120. The van der Waals surface area contributed by atoms with Crippen molar-refractivity contribution in [3.8, 4) is 0 Å².